The number of nitrogens with one attached hydrogen (secondary N) is 1. The summed E-state index contributed by atoms with van der Waals surface area (Å²) in [6.45, 7) is 7.25. The average Bonchev–Trinajstić information content (AvgIpc) is 2.60. The Morgan fingerprint density at radius 1 is 1.47 bits per heavy atom. The number of alkyl halides is 1. The first kappa shape index (κ1) is 13.0. The molecule has 0 radical (unpaired) electrons. The van der Waals surface area contributed by atoms with E-state index in [0.717, 1.165) is 13.0 Å². The van der Waals surface area contributed by atoms with Crippen molar-refractivity contribution in [2.75, 3.05) is 6.54 Å². The highest BCUT2D eigenvalue weighted by molar-refractivity contribution is 9.09. The number of halogens is 1. The fourth-order valence-electron chi connectivity index (χ4n) is 2.10. The summed E-state index contributed by atoms with van der Waals surface area (Å²) >= 11 is 3.58. The molecule has 1 aliphatic carbocycles. The lowest BCUT2D eigenvalue weighted by atomic mass is 9.97. The number of hydrogen-bond donors (Lipinski definition) is 1. The quantitative estimate of drug-likeness (QED) is 0.786. The van der Waals surface area contributed by atoms with E-state index in [4.69, 9.17) is 0 Å². The van der Waals surface area contributed by atoms with Gasteiger partial charge in [-0.15, -0.1) is 0 Å². The van der Waals surface area contributed by atoms with Gasteiger partial charge in [0.25, 0.3) is 0 Å². The van der Waals surface area contributed by atoms with E-state index in [1.807, 2.05) is 0 Å². The molecule has 1 amide bonds. The molecule has 1 aliphatic rings. The highest BCUT2D eigenvalue weighted by Crippen LogP contribution is 2.31. The van der Waals surface area contributed by atoms with Crippen LogP contribution >= 0.6 is 15.9 Å². The fraction of sp³-hybridized carbons (Fsp3) is 0.917. The van der Waals surface area contributed by atoms with Crippen LogP contribution in [0, 0.1) is 17.8 Å². The van der Waals surface area contributed by atoms with Crippen LogP contribution in [0.5, 0.6) is 0 Å². The summed E-state index contributed by atoms with van der Waals surface area (Å²) in [6.07, 6.45) is 3.49. The number of rotatable bonds is 4. The average molecular weight is 276 g/mol. The molecule has 0 aromatic rings. The monoisotopic (exact) mass is 275 g/mol. The van der Waals surface area contributed by atoms with Crippen molar-refractivity contribution < 1.29 is 4.79 Å². The summed E-state index contributed by atoms with van der Waals surface area (Å²) in [7, 11) is 0. The lowest BCUT2D eigenvalue weighted by Gasteiger charge is -2.18. The van der Waals surface area contributed by atoms with Gasteiger partial charge in [-0.25, -0.2) is 0 Å². The predicted molar refractivity (Wildman–Crippen MR) is 67.1 cm³/mol. The first-order valence-electron chi connectivity index (χ1n) is 5.94. The fourth-order valence-corrected chi connectivity index (χ4v) is 2.26. The molecule has 88 valence electrons. The smallest absolute Gasteiger partial charge is 0.223 e. The summed E-state index contributed by atoms with van der Waals surface area (Å²) < 4.78 is 0. The highest BCUT2D eigenvalue weighted by Gasteiger charge is 2.29. The molecule has 0 aromatic carbocycles. The van der Waals surface area contributed by atoms with Gasteiger partial charge in [0.2, 0.25) is 5.91 Å². The van der Waals surface area contributed by atoms with E-state index in [1.54, 1.807) is 0 Å². The van der Waals surface area contributed by atoms with Crippen molar-refractivity contribution in [1.29, 1.82) is 0 Å². The molecule has 3 heteroatoms. The van der Waals surface area contributed by atoms with Crippen LogP contribution in [0.25, 0.3) is 0 Å². The predicted octanol–water partition coefficient (Wildman–Crippen LogP) is 2.96. The molecule has 0 heterocycles. The Balaban J connectivity index is 2.29. The van der Waals surface area contributed by atoms with Crippen molar-refractivity contribution >= 4 is 21.8 Å². The molecule has 0 bridgehead atoms. The second-order valence-corrected chi connectivity index (χ2v) is 6.20. The zero-order valence-corrected chi connectivity index (χ0v) is 11.5. The van der Waals surface area contributed by atoms with Gasteiger partial charge in [-0.05, 0) is 24.7 Å². The molecule has 1 N–H and O–H groups in total. The maximum atomic E-state index is 11.9. The van der Waals surface area contributed by atoms with Gasteiger partial charge in [-0.2, -0.15) is 0 Å². The minimum absolute atomic E-state index is 0.255. The Morgan fingerprint density at radius 3 is 2.60 bits per heavy atom. The summed E-state index contributed by atoms with van der Waals surface area (Å²) in [5.74, 6) is 1.64. The summed E-state index contributed by atoms with van der Waals surface area (Å²) in [6, 6.07) is 0. The normalized spacial score (nSPS) is 28.1. The van der Waals surface area contributed by atoms with Crippen LogP contribution in [0.2, 0.25) is 0 Å². The van der Waals surface area contributed by atoms with Gasteiger partial charge >= 0.3 is 0 Å². The lowest BCUT2D eigenvalue weighted by Crippen LogP contribution is -2.36. The third kappa shape index (κ3) is 3.78. The van der Waals surface area contributed by atoms with Crippen molar-refractivity contribution in [3.63, 3.8) is 0 Å². The van der Waals surface area contributed by atoms with Gasteiger partial charge in [0.1, 0.15) is 0 Å². The van der Waals surface area contributed by atoms with Gasteiger partial charge in [-0.1, -0.05) is 43.1 Å². The van der Waals surface area contributed by atoms with E-state index in [1.165, 1.54) is 12.8 Å². The highest BCUT2D eigenvalue weighted by atomic mass is 79.9. The first-order chi connectivity index (χ1) is 7.02. The van der Waals surface area contributed by atoms with Gasteiger partial charge in [0, 0.05) is 17.3 Å². The molecule has 15 heavy (non-hydrogen) atoms. The Labute approximate surface area is 101 Å². The van der Waals surface area contributed by atoms with Crippen molar-refractivity contribution in [2.45, 2.75) is 44.9 Å². The lowest BCUT2D eigenvalue weighted by molar-refractivity contribution is -0.125. The Hall–Kier alpha value is -0.0500. The molecule has 3 atom stereocenters. The zero-order chi connectivity index (χ0) is 11.4. The molecule has 3 unspecified atom stereocenters. The van der Waals surface area contributed by atoms with Gasteiger partial charge in [-0.3, -0.25) is 4.79 Å². The molecule has 1 fully saturated rings. The van der Waals surface area contributed by atoms with E-state index in [-0.39, 0.29) is 11.8 Å². The van der Waals surface area contributed by atoms with E-state index in [0.29, 0.717) is 16.7 Å². The van der Waals surface area contributed by atoms with Crippen LogP contribution < -0.4 is 5.32 Å². The first-order valence-corrected chi connectivity index (χ1v) is 6.85. The summed E-state index contributed by atoms with van der Waals surface area (Å²) in [5, 5.41) is 3.05. The number of carbonyl (C=O) groups excluding carboxylic acids is 1. The Bertz CT molecular complexity index is 218. The number of hydrogen-bond acceptors (Lipinski definition) is 1. The third-order valence-corrected chi connectivity index (χ3v) is 4.77. The topological polar surface area (TPSA) is 29.1 Å². The van der Waals surface area contributed by atoms with Crippen molar-refractivity contribution in [1.82, 2.24) is 5.32 Å². The Kier molecular flexibility index (Phi) is 5.10. The molecular formula is C12H22BrNO. The molecule has 0 spiro atoms. The minimum Gasteiger partial charge on any atom is -0.355 e. The second kappa shape index (κ2) is 5.88. The summed E-state index contributed by atoms with van der Waals surface area (Å²) in [4.78, 5) is 12.2. The molecule has 0 aromatic heterocycles. The third-order valence-electron chi connectivity index (χ3n) is 3.39. The van der Waals surface area contributed by atoms with E-state index in [9.17, 15) is 4.79 Å². The molecule has 2 nitrogen and oxygen atoms in total. The van der Waals surface area contributed by atoms with Gasteiger partial charge in [0.15, 0.2) is 0 Å². The molecule has 0 aliphatic heterocycles. The molecule has 1 rings (SSSR count). The van der Waals surface area contributed by atoms with Crippen molar-refractivity contribution in [3.8, 4) is 0 Å². The summed E-state index contributed by atoms with van der Waals surface area (Å²) in [5.41, 5.74) is 0. The standard InChI is InChI=1S/C12H22BrNO/c1-8(2)11(13)7-14-12(15)10-6-4-5-9(10)3/h8-11H,4-7H2,1-3H3,(H,14,15). The maximum Gasteiger partial charge on any atom is 0.223 e. The largest absolute Gasteiger partial charge is 0.355 e. The number of amides is 1. The molecule has 0 saturated heterocycles. The van der Waals surface area contributed by atoms with Crippen LogP contribution in [0.1, 0.15) is 40.0 Å². The van der Waals surface area contributed by atoms with Crippen LogP contribution in [0.3, 0.4) is 0 Å². The molecule has 1 saturated carbocycles. The van der Waals surface area contributed by atoms with E-state index >= 15 is 0 Å². The van der Waals surface area contributed by atoms with Crippen LogP contribution in [0.15, 0.2) is 0 Å². The van der Waals surface area contributed by atoms with E-state index in [2.05, 4.69) is 42.0 Å². The van der Waals surface area contributed by atoms with Crippen LogP contribution in [-0.2, 0) is 4.79 Å². The van der Waals surface area contributed by atoms with E-state index < -0.39 is 0 Å². The van der Waals surface area contributed by atoms with Crippen molar-refractivity contribution in [2.24, 2.45) is 17.8 Å². The van der Waals surface area contributed by atoms with Gasteiger partial charge in [0.05, 0.1) is 0 Å². The minimum atomic E-state index is 0.255. The maximum absolute atomic E-state index is 11.9. The van der Waals surface area contributed by atoms with Gasteiger partial charge < -0.3 is 5.32 Å². The van der Waals surface area contributed by atoms with Crippen molar-refractivity contribution in [3.05, 3.63) is 0 Å². The second-order valence-electron chi connectivity index (χ2n) is 5.02. The SMILES string of the molecule is CC(C)C(Br)CNC(=O)C1CCCC1C. The zero-order valence-electron chi connectivity index (χ0n) is 9.92. The van der Waals surface area contributed by atoms with Crippen LogP contribution in [0.4, 0.5) is 0 Å². The molecular weight excluding hydrogens is 254 g/mol. The van der Waals surface area contributed by atoms with Crippen LogP contribution in [-0.4, -0.2) is 17.3 Å². The Morgan fingerprint density at radius 2 is 2.13 bits per heavy atom. The number of carbonyl (C=O) groups is 1.